The summed E-state index contributed by atoms with van der Waals surface area (Å²) in [6.07, 6.45) is 0. The first-order valence-corrected chi connectivity index (χ1v) is 5.73. The molecule has 1 amide bonds. The Morgan fingerprint density at radius 1 is 1.38 bits per heavy atom. The van der Waals surface area contributed by atoms with Crippen molar-refractivity contribution < 1.29 is 4.79 Å². The minimum absolute atomic E-state index is 0. The summed E-state index contributed by atoms with van der Waals surface area (Å²) < 4.78 is 0. The first-order chi connectivity index (χ1) is 7.16. The number of aryl methyl sites for hydroxylation is 1. The normalized spacial score (nSPS) is 17.1. The molecule has 1 aromatic rings. The summed E-state index contributed by atoms with van der Waals surface area (Å²) in [6, 6.07) is 5.99. The Morgan fingerprint density at radius 3 is 2.75 bits per heavy atom. The van der Waals surface area contributed by atoms with Crippen molar-refractivity contribution in [2.75, 3.05) is 5.75 Å². The lowest BCUT2D eigenvalue weighted by Crippen LogP contribution is -2.19. The third-order valence-corrected chi connectivity index (χ3v) is 3.26. The molecule has 86 valence electrons. The van der Waals surface area contributed by atoms with E-state index in [1.54, 1.807) is 0 Å². The average Bonchev–Trinajstić information content (AvgIpc) is 2.59. The highest BCUT2D eigenvalue weighted by atomic mass is 35.5. The molecule has 1 fully saturated rings. The van der Waals surface area contributed by atoms with Crippen LogP contribution in [0.15, 0.2) is 23.2 Å². The summed E-state index contributed by atoms with van der Waals surface area (Å²) >= 11 is 1.45. The van der Waals surface area contributed by atoms with Crippen LogP contribution < -0.4 is 5.32 Å². The molecule has 0 bridgehead atoms. The Balaban J connectivity index is 0.00000128. The average molecular weight is 257 g/mol. The van der Waals surface area contributed by atoms with Gasteiger partial charge in [-0.2, -0.15) is 0 Å². The molecule has 0 unspecified atom stereocenters. The SMILES string of the molecule is Cc1cccc(N=C2NC(=O)CS2)c1C.Cl. The zero-order chi connectivity index (χ0) is 10.8. The van der Waals surface area contributed by atoms with Gasteiger partial charge >= 0.3 is 0 Å². The van der Waals surface area contributed by atoms with Gasteiger partial charge in [-0.1, -0.05) is 23.9 Å². The minimum atomic E-state index is 0. The number of thioether (sulfide) groups is 1. The highest BCUT2D eigenvalue weighted by Crippen LogP contribution is 2.23. The van der Waals surface area contributed by atoms with Crippen LogP contribution in [-0.4, -0.2) is 16.8 Å². The van der Waals surface area contributed by atoms with Gasteiger partial charge in [0.2, 0.25) is 5.91 Å². The van der Waals surface area contributed by atoms with Gasteiger partial charge < -0.3 is 5.32 Å². The Hall–Kier alpha value is -1.00. The fourth-order valence-corrected chi connectivity index (χ4v) is 2.04. The smallest absolute Gasteiger partial charge is 0.236 e. The predicted molar refractivity (Wildman–Crippen MR) is 70.9 cm³/mol. The summed E-state index contributed by atoms with van der Waals surface area (Å²) in [5.74, 6) is 0.507. The number of nitrogens with one attached hydrogen (secondary N) is 1. The number of amidine groups is 1. The lowest BCUT2D eigenvalue weighted by atomic mass is 10.1. The highest BCUT2D eigenvalue weighted by molar-refractivity contribution is 8.15. The number of aliphatic imine (C=N–C) groups is 1. The minimum Gasteiger partial charge on any atom is -0.304 e. The van der Waals surface area contributed by atoms with E-state index in [2.05, 4.69) is 23.3 Å². The van der Waals surface area contributed by atoms with E-state index in [1.807, 2.05) is 19.1 Å². The van der Waals surface area contributed by atoms with Crippen LogP contribution in [0.5, 0.6) is 0 Å². The van der Waals surface area contributed by atoms with Gasteiger partial charge in [-0.15, -0.1) is 12.4 Å². The zero-order valence-electron chi connectivity index (χ0n) is 9.11. The molecule has 5 heteroatoms. The van der Waals surface area contributed by atoms with Crippen LogP contribution in [0.3, 0.4) is 0 Å². The van der Waals surface area contributed by atoms with Gasteiger partial charge in [0.05, 0.1) is 11.4 Å². The number of carbonyl (C=O) groups excluding carboxylic acids is 1. The van der Waals surface area contributed by atoms with E-state index in [1.165, 1.54) is 17.3 Å². The van der Waals surface area contributed by atoms with Gasteiger partial charge in [-0.05, 0) is 31.0 Å². The van der Waals surface area contributed by atoms with Crippen LogP contribution in [0.25, 0.3) is 0 Å². The molecule has 2 rings (SSSR count). The number of carbonyl (C=O) groups is 1. The topological polar surface area (TPSA) is 41.5 Å². The number of nitrogens with zero attached hydrogens (tertiary/aromatic N) is 1. The number of rotatable bonds is 1. The van der Waals surface area contributed by atoms with E-state index in [0.717, 1.165) is 11.3 Å². The molecule has 0 aliphatic carbocycles. The maximum Gasteiger partial charge on any atom is 0.236 e. The van der Waals surface area contributed by atoms with Crippen molar-refractivity contribution in [3.8, 4) is 0 Å². The van der Waals surface area contributed by atoms with Gasteiger partial charge in [0.25, 0.3) is 0 Å². The van der Waals surface area contributed by atoms with E-state index in [9.17, 15) is 4.79 Å². The summed E-state index contributed by atoms with van der Waals surface area (Å²) in [6.45, 7) is 4.09. The first-order valence-electron chi connectivity index (χ1n) is 4.74. The van der Waals surface area contributed by atoms with Gasteiger partial charge in [0.15, 0.2) is 5.17 Å². The van der Waals surface area contributed by atoms with Crippen molar-refractivity contribution >= 4 is 40.9 Å². The maximum atomic E-state index is 11.0. The summed E-state index contributed by atoms with van der Waals surface area (Å²) in [5, 5.41) is 3.43. The third kappa shape index (κ3) is 2.77. The molecule has 0 radical (unpaired) electrons. The summed E-state index contributed by atoms with van der Waals surface area (Å²) in [5.41, 5.74) is 3.30. The van der Waals surface area contributed by atoms with Crippen LogP contribution >= 0.6 is 24.2 Å². The number of halogens is 1. The number of amides is 1. The molecule has 1 N–H and O–H groups in total. The van der Waals surface area contributed by atoms with Crippen molar-refractivity contribution in [1.82, 2.24) is 5.32 Å². The Morgan fingerprint density at radius 2 is 2.12 bits per heavy atom. The van der Waals surface area contributed by atoms with E-state index in [-0.39, 0.29) is 18.3 Å². The first kappa shape index (κ1) is 13.1. The standard InChI is InChI=1S/C11H12N2OS.ClH/c1-7-4-3-5-9(8(7)2)12-11-13-10(14)6-15-11;/h3-5H,6H2,1-2H3,(H,12,13,14);1H. The molecular weight excluding hydrogens is 244 g/mol. The van der Waals surface area contributed by atoms with Crippen molar-refractivity contribution in [2.45, 2.75) is 13.8 Å². The molecule has 0 spiro atoms. The van der Waals surface area contributed by atoms with Gasteiger partial charge in [-0.25, -0.2) is 4.99 Å². The lowest BCUT2D eigenvalue weighted by Gasteiger charge is -2.04. The van der Waals surface area contributed by atoms with E-state index < -0.39 is 0 Å². The monoisotopic (exact) mass is 256 g/mol. The quantitative estimate of drug-likeness (QED) is 0.839. The zero-order valence-corrected chi connectivity index (χ0v) is 10.7. The van der Waals surface area contributed by atoms with Crippen LogP contribution in [-0.2, 0) is 4.79 Å². The molecule has 16 heavy (non-hydrogen) atoms. The third-order valence-electron chi connectivity index (χ3n) is 2.38. The van der Waals surface area contributed by atoms with Gasteiger partial charge in [0.1, 0.15) is 0 Å². The Bertz CT molecular complexity index is 446. The highest BCUT2D eigenvalue weighted by Gasteiger charge is 2.16. The second-order valence-electron chi connectivity index (χ2n) is 3.47. The predicted octanol–water partition coefficient (Wildman–Crippen LogP) is 2.58. The lowest BCUT2D eigenvalue weighted by molar-refractivity contribution is -0.116. The Labute approximate surface area is 105 Å². The van der Waals surface area contributed by atoms with Crippen molar-refractivity contribution in [3.05, 3.63) is 29.3 Å². The fraction of sp³-hybridized carbons (Fsp3) is 0.273. The van der Waals surface area contributed by atoms with Crippen molar-refractivity contribution in [3.63, 3.8) is 0 Å². The van der Waals surface area contributed by atoms with E-state index >= 15 is 0 Å². The molecule has 1 heterocycles. The van der Waals surface area contributed by atoms with Crippen molar-refractivity contribution in [1.29, 1.82) is 0 Å². The van der Waals surface area contributed by atoms with E-state index in [4.69, 9.17) is 0 Å². The molecule has 1 aromatic carbocycles. The van der Waals surface area contributed by atoms with E-state index in [0.29, 0.717) is 10.9 Å². The molecule has 1 aliphatic rings. The van der Waals surface area contributed by atoms with Crippen LogP contribution in [0, 0.1) is 13.8 Å². The molecule has 0 atom stereocenters. The number of hydrogen-bond donors (Lipinski definition) is 1. The summed E-state index contributed by atoms with van der Waals surface area (Å²) in [4.78, 5) is 15.4. The van der Waals surface area contributed by atoms with Gasteiger partial charge in [0, 0.05) is 0 Å². The van der Waals surface area contributed by atoms with Crippen LogP contribution in [0.2, 0.25) is 0 Å². The second-order valence-corrected chi connectivity index (χ2v) is 4.44. The second kappa shape index (κ2) is 5.37. The molecule has 1 aliphatic heterocycles. The Kier molecular flexibility index (Phi) is 4.38. The molecular formula is C11H13ClN2OS. The number of hydrogen-bond acceptors (Lipinski definition) is 3. The van der Waals surface area contributed by atoms with Crippen LogP contribution in [0.1, 0.15) is 11.1 Å². The number of benzene rings is 1. The van der Waals surface area contributed by atoms with Gasteiger partial charge in [-0.3, -0.25) is 4.79 Å². The molecule has 3 nitrogen and oxygen atoms in total. The molecule has 0 aromatic heterocycles. The van der Waals surface area contributed by atoms with Crippen LogP contribution in [0.4, 0.5) is 5.69 Å². The molecule has 1 saturated heterocycles. The summed E-state index contributed by atoms with van der Waals surface area (Å²) in [7, 11) is 0. The van der Waals surface area contributed by atoms with Crippen molar-refractivity contribution in [2.24, 2.45) is 4.99 Å². The maximum absolute atomic E-state index is 11.0. The fourth-order valence-electron chi connectivity index (χ4n) is 1.35. The molecule has 0 saturated carbocycles. The largest absolute Gasteiger partial charge is 0.304 e.